The van der Waals surface area contributed by atoms with Crippen LogP contribution in [0.1, 0.15) is 0 Å². The largest absolute Gasteiger partial charge is 0.443 e. The fraction of sp³-hybridized carbons (Fsp3) is 0. The van der Waals surface area contributed by atoms with E-state index in [2.05, 4.69) is 31.2 Å². The zero-order chi connectivity index (χ0) is 17.1. The SMILES string of the molecule is NC=Nc1ccc(-c2cnco2)c(Nc2ccc(Br)cc2Cl)c1F. The van der Waals surface area contributed by atoms with E-state index in [9.17, 15) is 4.39 Å². The number of nitrogens with two attached hydrogens (primary N) is 1. The molecular formula is C16H11BrClFN4O. The summed E-state index contributed by atoms with van der Waals surface area (Å²) in [6.07, 6.45) is 3.80. The average molecular weight is 410 g/mol. The van der Waals surface area contributed by atoms with Crippen molar-refractivity contribution in [3.05, 3.63) is 58.2 Å². The lowest BCUT2D eigenvalue weighted by atomic mass is 10.1. The van der Waals surface area contributed by atoms with Gasteiger partial charge in [0, 0.05) is 10.0 Å². The molecule has 0 atom stereocenters. The summed E-state index contributed by atoms with van der Waals surface area (Å²) in [6.45, 7) is 0. The van der Waals surface area contributed by atoms with Gasteiger partial charge in [-0.3, -0.25) is 0 Å². The van der Waals surface area contributed by atoms with E-state index in [-0.39, 0.29) is 11.4 Å². The molecule has 0 radical (unpaired) electrons. The fourth-order valence-corrected chi connectivity index (χ4v) is 2.87. The molecule has 0 unspecified atom stereocenters. The van der Waals surface area contributed by atoms with Crippen molar-refractivity contribution in [1.29, 1.82) is 0 Å². The summed E-state index contributed by atoms with van der Waals surface area (Å²) in [7, 11) is 0. The van der Waals surface area contributed by atoms with Gasteiger partial charge in [-0.2, -0.15) is 0 Å². The van der Waals surface area contributed by atoms with Crippen molar-refractivity contribution in [3.8, 4) is 11.3 Å². The van der Waals surface area contributed by atoms with Crippen LogP contribution in [0.5, 0.6) is 0 Å². The number of rotatable bonds is 4. The van der Waals surface area contributed by atoms with Gasteiger partial charge in [-0.05, 0) is 30.3 Å². The Balaban J connectivity index is 2.14. The van der Waals surface area contributed by atoms with Crippen LogP contribution in [0.15, 0.2) is 56.8 Å². The van der Waals surface area contributed by atoms with Gasteiger partial charge < -0.3 is 15.5 Å². The number of halogens is 3. The van der Waals surface area contributed by atoms with Crippen molar-refractivity contribution in [3.63, 3.8) is 0 Å². The van der Waals surface area contributed by atoms with Crippen molar-refractivity contribution in [1.82, 2.24) is 4.98 Å². The van der Waals surface area contributed by atoms with Crippen molar-refractivity contribution in [2.24, 2.45) is 10.7 Å². The number of anilines is 2. The van der Waals surface area contributed by atoms with Crippen molar-refractivity contribution in [2.45, 2.75) is 0 Å². The maximum atomic E-state index is 14.9. The molecule has 3 N–H and O–H groups in total. The quantitative estimate of drug-likeness (QED) is 0.455. The third-order valence-corrected chi connectivity index (χ3v) is 4.03. The highest BCUT2D eigenvalue weighted by atomic mass is 79.9. The van der Waals surface area contributed by atoms with E-state index in [1.807, 2.05) is 0 Å². The molecule has 0 aliphatic rings. The van der Waals surface area contributed by atoms with E-state index in [0.717, 1.165) is 10.8 Å². The number of aromatic nitrogens is 1. The minimum atomic E-state index is -0.579. The Morgan fingerprint density at radius 1 is 1.33 bits per heavy atom. The number of nitrogens with one attached hydrogen (secondary N) is 1. The highest BCUT2D eigenvalue weighted by Crippen LogP contribution is 2.38. The Kier molecular flexibility index (Phi) is 4.82. The minimum Gasteiger partial charge on any atom is -0.443 e. The standard InChI is InChI=1S/C16H11BrClFN4O/c17-9-1-3-12(11(18)5-9)23-16-10(14-6-21-8-24-14)2-4-13(15(16)19)22-7-20/h1-8,23H,(H2,20,22). The predicted octanol–water partition coefficient (Wildman–Crippen LogP) is 5.26. The fourth-order valence-electron chi connectivity index (χ4n) is 2.15. The van der Waals surface area contributed by atoms with Crippen LogP contribution in [0.2, 0.25) is 5.02 Å². The Morgan fingerprint density at radius 2 is 2.17 bits per heavy atom. The Morgan fingerprint density at radius 3 is 2.83 bits per heavy atom. The molecule has 3 aromatic rings. The molecule has 0 saturated heterocycles. The molecule has 5 nitrogen and oxygen atoms in total. The number of oxazole rings is 1. The van der Waals surface area contributed by atoms with Gasteiger partial charge in [0.1, 0.15) is 5.69 Å². The molecule has 0 amide bonds. The first-order valence-corrected chi connectivity index (χ1v) is 7.95. The third kappa shape index (κ3) is 3.27. The maximum Gasteiger partial charge on any atom is 0.181 e. The van der Waals surface area contributed by atoms with E-state index < -0.39 is 5.82 Å². The second-order valence-electron chi connectivity index (χ2n) is 4.71. The first kappa shape index (κ1) is 16.5. The molecule has 1 aromatic heterocycles. The van der Waals surface area contributed by atoms with Crippen LogP contribution >= 0.6 is 27.5 Å². The average Bonchev–Trinajstić information content (AvgIpc) is 3.08. The van der Waals surface area contributed by atoms with Crippen LogP contribution in [0.4, 0.5) is 21.5 Å². The van der Waals surface area contributed by atoms with Crippen LogP contribution in [0.3, 0.4) is 0 Å². The monoisotopic (exact) mass is 408 g/mol. The van der Waals surface area contributed by atoms with Crippen molar-refractivity contribution in [2.75, 3.05) is 5.32 Å². The molecule has 3 rings (SSSR count). The zero-order valence-electron chi connectivity index (χ0n) is 12.1. The molecule has 0 spiro atoms. The molecule has 0 aliphatic carbocycles. The topological polar surface area (TPSA) is 76.4 Å². The first-order valence-electron chi connectivity index (χ1n) is 6.78. The summed E-state index contributed by atoms with van der Waals surface area (Å²) in [4.78, 5) is 7.68. The molecule has 2 aromatic carbocycles. The summed E-state index contributed by atoms with van der Waals surface area (Å²) >= 11 is 9.54. The highest BCUT2D eigenvalue weighted by molar-refractivity contribution is 9.10. The number of hydrogen-bond donors (Lipinski definition) is 2. The van der Waals surface area contributed by atoms with Crippen LogP contribution in [0, 0.1) is 5.82 Å². The number of hydrogen-bond acceptors (Lipinski definition) is 4. The third-order valence-electron chi connectivity index (χ3n) is 3.22. The van der Waals surface area contributed by atoms with Crippen LogP contribution in [-0.2, 0) is 0 Å². The summed E-state index contributed by atoms with van der Waals surface area (Å²) in [5, 5.41) is 3.42. The summed E-state index contributed by atoms with van der Waals surface area (Å²) in [6, 6.07) is 8.40. The van der Waals surface area contributed by atoms with E-state index in [4.69, 9.17) is 21.8 Å². The Hall–Kier alpha value is -2.38. The van der Waals surface area contributed by atoms with Crippen molar-refractivity contribution >= 4 is 50.9 Å². The molecule has 24 heavy (non-hydrogen) atoms. The Labute approximate surface area is 150 Å². The van der Waals surface area contributed by atoms with Gasteiger partial charge in [0.2, 0.25) is 0 Å². The van der Waals surface area contributed by atoms with Gasteiger partial charge in [0.15, 0.2) is 18.0 Å². The van der Waals surface area contributed by atoms with Crippen LogP contribution < -0.4 is 11.1 Å². The molecule has 1 heterocycles. The summed E-state index contributed by atoms with van der Waals surface area (Å²) in [5.41, 5.74) is 6.55. The maximum absolute atomic E-state index is 14.9. The Bertz CT molecular complexity index is 899. The second-order valence-corrected chi connectivity index (χ2v) is 6.04. The van der Waals surface area contributed by atoms with Gasteiger partial charge in [0.05, 0.1) is 28.9 Å². The first-order chi connectivity index (χ1) is 11.6. The van der Waals surface area contributed by atoms with Gasteiger partial charge in [0.25, 0.3) is 0 Å². The van der Waals surface area contributed by atoms with Gasteiger partial charge in [-0.25, -0.2) is 14.4 Å². The molecule has 0 aliphatic heterocycles. The lowest BCUT2D eigenvalue weighted by molar-refractivity contribution is 0.571. The van der Waals surface area contributed by atoms with E-state index in [0.29, 0.717) is 22.0 Å². The van der Waals surface area contributed by atoms with Gasteiger partial charge in [-0.15, -0.1) is 0 Å². The number of aliphatic imine (C=N–C) groups is 1. The smallest absolute Gasteiger partial charge is 0.181 e. The molecule has 8 heteroatoms. The highest BCUT2D eigenvalue weighted by Gasteiger charge is 2.17. The van der Waals surface area contributed by atoms with Crippen molar-refractivity contribution < 1.29 is 8.81 Å². The normalized spacial score (nSPS) is 11.1. The second kappa shape index (κ2) is 7.02. The number of benzene rings is 2. The number of nitrogens with zero attached hydrogens (tertiary/aromatic N) is 2. The summed E-state index contributed by atoms with van der Waals surface area (Å²) in [5.74, 6) is -0.169. The lowest BCUT2D eigenvalue weighted by Crippen LogP contribution is -1.98. The zero-order valence-corrected chi connectivity index (χ0v) is 14.5. The molecule has 0 bridgehead atoms. The minimum absolute atomic E-state index is 0.0940. The molecule has 122 valence electrons. The predicted molar refractivity (Wildman–Crippen MR) is 96.7 cm³/mol. The van der Waals surface area contributed by atoms with Gasteiger partial charge in [-0.1, -0.05) is 27.5 Å². The van der Waals surface area contributed by atoms with E-state index in [1.54, 1.807) is 24.3 Å². The summed E-state index contributed by atoms with van der Waals surface area (Å²) < 4.78 is 21.0. The van der Waals surface area contributed by atoms with E-state index in [1.165, 1.54) is 18.7 Å². The molecule has 0 saturated carbocycles. The van der Waals surface area contributed by atoms with E-state index >= 15 is 0 Å². The van der Waals surface area contributed by atoms with Crippen LogP contribution in [-0.4, -0.2) is 11.3 Å². The molecule has 0 fully saturated rings. The van der Waals surface area contributed by atoms with Gasteiger partial charge >= 0.3 is 0 Å². The molecular weight excluding hydrogens is 399 g/mol. The van der Waals surface area contributed by atoms with Crippen LogP contribution in [0.25, 0.3) is 11.3 Å². The lowest BCUT2D eigenvalue weighted by Gasteiger charge is -2.14.